The molecule has 0 saturated heterocycles. The van der Waals surface area contributed by atoms with Crippen LogP contribution in [0.1, 0.15) is 30.4 Å². The quantitative estimate of drug-likeness (QED) is 0.782. The van der Waals surface area contributed by atoms with Crippen LogP contribution in [0.5, 0.6) is 0 Å². The standard InChI is InChI=1S/C18H19BrN2O/c19-16-3-1-2-14(12-16)4-7-18(22)21(17-5-6-17)13-15-8-10-20-11-9-15/h1-3,8-12,17H,4-7,13H2. The molecule has 1 aromatic carbocycles. The van der Waals surface area contributed by atoms with Crippen molar-refractivity contribution in [2.75, 3.05) is 0 Å². The second-order valence-electron chi connectivity index (χ2n) is 5.74. The Kier molecular flexibility index (Phi) is 4.88. The van der Waals surface area contributed by atoms with Gasteiger partial charge in [0.2, 0.25) is 5.91 Å². The highest BCUT2D eigenvalue weighted by atomic mass is 79.9. The fraction of sp³-hybridized carbons (Fsp3) is 0.333. The van der Waals surface area contributed by atoms with Crippen LogP contribution in [0, 0.1) is 0 Å². The van der Waals surface area contributed by atoms with E-state index in [1.54, 1.807) is 12.4 Å². The fourth-order valence-corrected chi connectivity index (χ4v) is 3.03. The zero-order valence-corrected chi connectivity index (χ0v) is 14.0. The molecule has 1 heterocycles. The molecule has 22 heavy (non-hydrogen) atoms. The topological polar surface area (TPSA) is 33.2 Å². The number of hydrogen-bond acceptors (Lipinski definition) is 2. The first-order chi connectivity index (χ1) is 10.7. The molecule has 0 spiro atoms. The molecular weight excluding hydrogens is 340 g/mol. The van der Waals surface area contributed by atoms with Gasteiger partial charge in [0.15, 0.2) is 0 Å². The van der Waals surface area contributed by atoms with Crippen molar-refractivity contribution in [1.82, 2.24) is 9.88 Å². The third kappa shape index (κ3) is 4.17. The Morgan fingerprint density at radius 3 is 2.64 bits per heavy atom. The highest BCUT2D eigenvalue weighted by Gasteiger charge is 2.32. The first kappa shape index (κ1) is 15.2. The van der Waals surface area contributed by atoms with Gasteiger partial charge in [0.1, 0.15) is 0 Å². The molecule has 1 fully saturated rings. The predicted octanol–water partition coefficient (Wildman–Crippen LogP) is 3.97. The lowest BCUT2D eigenvalue weighted by Crippen LogP contribution is -2.32. The van der Waals surface area contributed by atoms with Crippen molar-refractivity contribution in [2.24, 2.45) is 0 Å². The minimum absolute atomic E-state index is 0.249. The Morgan fingerprint density at radius 2 is 1.95 bits per heavy atom. The highest BCUT2D eigenvalue weighted by molar-refractivity contribution is 9.10. The van der Waals surface area contributed by atoms with Crippen LogP contribution >= 0.6 is 15.9 Å². The number of aromatic nitrogens is 1. The average molecular weight is 359 g/mol. The van der Waals surface area contributed by atoms with Crippen LogP contribution in [0.3, 0.4) is 0 Å². The van der Waals surface area contributed by atoms with Gasteiger partial charge in [-0.2, -0.15) is 0 Å². The summed E-state index contributed by atoms with van der Waals surface area (Å²) in [4.78, 5) is 18.7. The maximum absolute atomic E-state index is 12.6. The lowest BCUT2D eigenvalue weighted by atomic mass is 10.1. The summed E-state index contributed by atoms with van der Waals surface area (Å²) in [6.07, 6.45) is 7.19. The van der Waals surface area contributed by atoms with Gasteiger partial charge in [0, 0.05) is 35.9 Å². The van der Waals surface area contributed by atoms with E-state index in [4.69, 9.17) is 0 Å². The van der Waals surface area contributed by atoms with Crippen molar-refractivity contribution in [2.45, 2.75) is 38.3 Å². The molecular formula is C18H19BrN2O. The molecule has 0 bridgehead atoms. The molecule has 3 rings (SSSR count). The van der Waals surface area contributed by atoms with Gasteiger partial charge in [-0.15, -0.1) is 0 Å². The smallest absolute Gasteiger partial charge is 0.223 e. The molecule has 0 N–H and O–H groups in total. The molecule has 1 amide bonds. The van der Waals surface area contributed by atoms with Gasteiger partial charge in [0.05, 0.1) is 0 Å². The van der Waals surface area contributed by atoms with Crippen LogP contribution in [0.2, 0.25) is 0 Å². The Morgan fingerprint density at radius 1 is 1.18 bits per heavy atom. The Labute approximate surface area is 139 Å². The van der Waals surface area contributed by atoms with Gasteiger partial charge in [-0.25, -0.2) is 0 Å². The minimum Gasteiger partial charge on any atom is -0.335 e. The second kappa shape index (κ2) is 7.05. The van der Waals surface area contributed by atoms with Crippen molar-refractivity contribution >= 4 is 21.8 Å². The molecule has 0 radical (unpaired) electrons. The third-order valence-corrected chi connectivity index (χ3v) is 4.42. The monoisotopic (exact) mass is 358 g/mol. The number of nitrogens with zero attached hydrogens (tertiary/aromatic N) is 2. The molecule has 4 heteroatoms. The van der Waals surface area contributed by atoms with E-state index in [0.717, 1.165) is 29.3 Å². The number of pyridine rings is 1. The van der Waals surface area contributed by atoms with E-state index < -0.39 is 0 Å². The molecule has 1 saturated carbocycles. The predicted molar refractivity (Wildman–Crippen MR) is 90.3 cm³/mol. The van der Waals surface area contributed by atoms with Crippen molar-refractivity contribution in [3.63, 3.8) is 0 Å². The molecule has 0 atom stereocenters. The summed E-state index contributed by atoms with van der Waals surface area (Å²) in [5.74, 6) is 0.249. The van der Waals surface area contributed by atoms with E-state index in [2.05, 4.69) is 33.0 Å². The zero-order valence-electron chi connectivity index (χ0n) is 12.4. The van der Waals surface area contributed by atoms with Gasteiger partial charge in [-0.05, 0) is 54.7 Å². The highest BCUT2D eigenvalue weighted by Crippen LogP contribution is 2.29. The summed E-state index contributed by atoms with van der Waals surface area (Å²) in [5, 5.41) is 0. The van der Waals surface area contributed by atoms with E-state index in [-0.39, 0.29) is 5.91 Å². The largest absolute Gasteiger partial charge is 0.335 e. The number of benzene rings is 1. The fourth-order valence-electron chi connectivity index (χ4n) is 2.58. The number of halogens is 1. The number of hydrogen-bond donors (Lipinski definition) is 0. The Hall–Kier alpha value is -1.68. The zero-order chi connectivity index (χ0) is 15.4. The molecule has 3 nitrogen and oxygen atoms in total. The molecule has 0 unspecified atom stereocenters. The van der Waals surface area contributed by atoms with Gasteiger partial charge in [-0.3, -0.25) is 9.78 Å². The molecule has 0 aliphatic heterocycles. The van der Waals surface area contributed by atoms with E-state index in [9.17, 15) is 4.79 Å². The summed E-state index contributed by atoms with van der Waals surface area (Å²) in [6.45, 7) is 0.699. The van der Waals surface area contributed by atoms with Crippen LogP contribution < -0.4 is 0 Å². The number of carbonyl (C=O) groups is 1. The summed E-state index contributed by atoms with van der Waals surface area (Å²) >= 11 is 3.47. The van der Waals surface area contributed by atoms with Gasteiger partial charge in [0.25, 0.3) is 0 Å². The van der Waals surface area contributed by atoms with Crippen molar-refractivity contribution in [3.8, 4) is 0 Å². The second-order valence-corrected chi connectivity index (χ2v) is 6.65. The van der Waals surface area contributed by atoms with Crippen LogP contribution in [0.15, 0.2) is 53.3 Å². The number of carbonyl (C=O) groups excluding carboxylic acids is 1. The van der Waals surface area contributed by atoms with Gasteiger partial charge >= 0.3 is 0 Å². The normalized spacial score (nSPS) is 13.9. The van der Waals surface area contributed by atoms with Crippen LogP contribution in [-0.4, -0.2) is 21.8 Å². The summed E-state index contributed by atoms with van der Waals surface area (Å²) in [6, 6.07) is 12.6. The molecule has 1 aliphatic carbocycles. The van der Waals surface area contributed by atoms with E-state index in [1.165, 1.54) is 5.56 Å². The number of aryl methyl sites for hydroxylation is 1. The summed E-state index contributed by atoms with van der Waals surface area (Å²) in [5.41, 5.74) is 2.35. The van der Waals surface area contributed by atoms with Crippen LogP contribution in [0.4, 0.5) is 0 Å². The SMILES string of the molecule is O=C(CCc1cccc(Br)c1)N(Cc1ccncc1)C1CC1. The van der Waals surface area contributed by atoms with Gasteiger partial charge < -0.3 is 4.90 Å². The Bertz CT molecular complexity index is 641. The first-order valence-electron chi connectivity index (χ1n) is 7.65. The maximum Gasteiger partial charge on any atom is 0.223 e. The van der Waals surface area contributed by atoms with Crippen molar-refractivity contribution < 1.29 is 4.79 Å². The van der Waals surface area contributed by atoms with E-state index in [1.807, 2.05) is 29.2 Å². The molecule has 1 aromatic heterocycles. The molecule has 2 aromatic rings. The van der Waals surface area contributed by atoms with Crippen molar-refractivity contribution in [3.05, 3.63) is 64.4 Å². The third-order valence-electron chi connectivity index (χ3n) is 3.93. The average Bonchev–Trinajstić information content (AvgIpc) is 3.36. The molecule has 1 aliphatic rings. The minimum atomic E-state index is 0.249. The van der Waals surface area contributed by atoms with Crippen LogP contribution in [0.25, 0.3) is 0 Å². The van der Waals surface area contributed by atoms with Crippen LogP contribution in [-0.2, 0) is 17.8 Å². The molecule has 114 valence electrons. The Balaban J connectivity index is 1.61. The number of amides is 1. The maximum atomic E-state index is 12.6. The van der Waals surface area contributed by atoms with Gasteiger partial charge in [-0.1, -0.05) is 28.1 Å². The number of rotatable bonds is 6. The van der Waals surface area contributed by atoms with Crippen molar-refractivity contribution in [1.29, 1.82) is 0 Å². The lowest BCUT2D eigenvalue weighted by molar-refractivity contribution is -0.132. The first-order valence-corrected chi connectivity index (χ1v) is 8.44. The van der Waals surface area contributed by atoms with E-state index in [0.29, 0.717) is 19.0 Å². The van der Waals surface area contributed by atoms with E-state index >= 15 is 0 Å². The summed E-state index contributed by atoms with van der Waals surface area (Å²) < 4.78 is 1.06. The summed E-state index contributed by atoms with van der Waals surface area (Å²) in [7, 11) is 0. The lowest BCUT2D eigenvalue weighted by Gasteiger charge is -2.22.